The van der Waals surface area contributed by atoms with Crippen molar-refractivity contribution in [1.29, 1.82) is 0 Å². The van der Waals surface area contributed by atoms with Crippen molar-refractivity contribution in [3.05, 3.63) is 64.0 Å². The summed E-state index contributed by atoms with van der Waals surface area (Å²) in [4.78, 5) is 11.1. The molecule has 10 heteroatoms. The number of hydrogen-bond acceptors (Lipinski definition) is 6. The first-order valence-corrected chi connectivity index (χ1v) is 11.7. The molecule has 1 atom stereocenters. The summed E-state index contributed by atoms with van der Waals surface area (Å²) >= 11 is 0. The minimum atomic E-state index is -3.85. The zero-order valence-electron chi connectivity index (χ0n) is 16.9. The van der Waals surface area contributed by atoms with Crippen LogP contribution in [0, 0.1) is 21.8 Å². The number of rotatable bonds is 7. The molecule has 0 amide bonds. The Morgan fingerprint density at radius 2 is 1.81 bits per heavy atom. The van der Waals surface area contributed by atoms with Gasteiger partial charge in [-0.25, -0.2) is 12.8 Å². The lowest BCUT2D eigenvalue weighted by Gasteiger charge is -2.35. The van der Waals surface area contributed by atoms with Gasteiger partial charge in [0.05, 0.1) is 29.1 Å². The Balaban J connectivity index is 1.65. The van der Waals surface area contributed by atoms with Crippen LogP contribution in [0.15, 0.2) is 47.4 Å². The van der Waals surface area contributed by atoms with Crippen molar-refractivity contribution in [2.45, 2.75) is 30.2 Å². The molecule has 4 rings (SSSR count). The predicted molar refractivity (Wildman–Crippen MR) is 113 cm³/mol. The van der Waals surface area contributed by atoms with Gasteiger partial charge in [-0.1, -0.05) is 18.6 Å². The first-order chi connectivity index (χ1) is 14.9. The maximum atomic E-state index is 13.4. The van der Waals surface area contributed by atoms with Gasteiger partial charge in [0.2, 0.25) is 10.0 Å². The first-order valence-electron chi connectivity index (χ1n) is 10.2. The Morgan fingerprint density at radius 3 is 2.39 bits per heavy atom. The average molecular weight is 450 g/mol. The van der Waals surface area contributed by atoms with E-state index in [4.69, 9.17) is 4.74 Å². The molecule has 1 saturated heterocycles. The van der Waals surface area contributed by atoms with Crippen molar-refractivity contribution < 1.29 is 22.5 Å². The van der Waals surface area contributed by atoms with Crippen molar-refractivity contribution in [3.8, 4) is 0 Å². The van der Waals surface area contributed by atoms with E-state index in [0.717, 1.165) is 30.9 Å². The van der Waals surface area contributed by atoms with Gasteiger partial charge < -0.3 is 10.1 Å². The first kappa shape index (κ1) is 21.7. The van der Waals surface area contributed by atoms with E-state index < -0.39 is 14.9 Å². The highest BCUT2D eigenvalue weighted by Crippen LogP contribution is 2.41. The Kier molecular flexibility index (Phi) is 6.22. The summed E-state index contributed by atoms with van der Waals surface area (Å²) in [6.07, 6.45) is 3.00. The molecule has 1 N–H and O–H groups in total. The number of sulfonamides is 1. The van der Waals surface area contributed by atoms with Crippen LogP contribution in [0.4, 0.5) is 15.8 Å². The van der Waals surface area contributed by atoms with Crippen LogP contribution in [0.5, 0.6) is 0 Å². The summed E-state index contributed by atoms with van der Waals surface area (Å²) < 4.78 is 45.7. The highest BCUT2D eigenvalue weighted by atomic mass is 32.2. The fourth-order valence-corrected chi connectivity index (χ4v) is 5.39. The second-order valence-corrected chi connectivity index (χ2v) is 9.76. The van der Waals surface area contributed by atoms with Crippen molar-refractivity contribution in [1.82, 2.24) is 4.31 Å². The van der Waals surface area contributed by atoms with E-state index in [0.29, 0.717) is 13.2 Å². The highest BCUT2D eigenvalue weighted by Gasteiger charge is 2.32. The van der Waals surface area contributed by atoms with Crippen molar-refractivity contribution in [2.75, 3.05) is 31.6 Å². The number of benzene rings is 2. The summed E-state index contributed by atoms with van der Waals surface area (Å²) in [5.74, 6) is -0.0819. The fraction of sp³-hybridized carbons (Fsp3) is 0.429. The molecule has 1 heterocycles. The number of hydrogen-bond donors (Lipinski definition) is 1. The van der Waals surface area contributed by atoms with Crippen LogP contribution in [0.25, 0.3) is 0 Å². The Hall–Kier alpha value is -2.56. The predicted octanol–water partition coefficient (Wildman–Crippen LogP) is 3.71. The molecule has 0 spiro atoms. The molecule has 0 radical (unpaired) electrons. The number of nitrogens with zero attached hydrogens (tertiary/aromatic N) is 2. The number of halogens is 1. The smallest absolute Gasteiger partial charge is 0.293 e. The van der Waals surface area contributed by atoms with Gasteiger partial charge in [-0.05, 0) is 48.6 Å². The molecule has 1 aliphatic heterocycles. The summed E-state index contributed by atoms with van der Waals surface area (Å²) in [6, 6.07) is 9.81. The van der Waals surface area contributed by atoms with E-state index in [1.165, 1.54) is 28.6 Å². The monoisotopic (exact) mass is 449 g/mol. The molecular formula is C21H24FN3O5S. The molecular weight excluding hydrogens is 425 g/mol. The van der Waals surface area contributed by atoms with E-state index in [1.807, 2.05) is 0 Å². The topological polar surface area (TPSA) is 102 Å². The molecule has 31 heavy (non-hydrogen) atoms. The zero-order valence-corrected chi connectivity index (χ0v) is 17.7. The van der Waals surface area contributed by atoms with E-state index in [-0.39, 0.29) is 47.1 Å². The summed E-state index contributed by atoms with van der Waals surface area (Å²) in [5, 5.41) is 15.0. The van der Waals surface area contributed by atoms with Crippen LogP contribution in [-0.2, 0) is 14.8 Å². The molecule has 2 fully saturated rings. The summed E-state index contributed by atoms with van der Waals surface area (Å²) in [7, 11) is -3.85. The Labute approximate surface area is 180 Å². The standard InChI is InChI=1S/C21H24FN3O5S/c22-17-6-4-16(5-7-17)21(15-2-1-3-15)23-19-9-8-18(14-20(19)25(26)27)31(28,29)24-10-12-30-13-11-24/h4-9,14-15,21,23H,1-3,10-13H2. The maximum Gasteiger partial charge on any atom is 0.293 e. The summed E-state index contributed by atoms with van der Waals surface area (Å²) in [6.45, 7) is 1.01. The lowest BCUT2D eigenvalue weighted by molar-refractivity contribution is -0.384. The molecule has 2 aromatic rings. The SMILES string of the molecule is O=[N+]([O-])c1cc(S(=O)(=O)N2CCOCC2)ccc1NC(c1ccc(F)cc1)C1CCC1. The second-order valence-electron chi connectivity index (χ2n) is 7.82. The van der Waals surface area contributed by atoms with Gasteiger partial charge in [-0.15, -0.1) is 0 Å². The lowest BCUT2D eigenvalue weighted by atomic mass is 9.77. The van der Waals surface area contributed by atoms with Gasteiger partial charge in [0.1, 0.15) is 11.5 Å². The van der Waals surface area contributed by atoms with E-state index >= 15 is 0 Å². The largest absolute Gasteiger partial charge is 0.379 e. The second kappa shape index (κ2) is 8.89. The lowest BCUT2D eigenvalue weighted by Crippen LogP contribution is -2.40. The Bertz CT molecular complexity index is 1050. The van der Waals surface area contributed by atoms with Crippen molar-refractivity contribution >= 4 is 21.4 Å². The molecule has 2 aromatic carbocycles. The van der Waals surface area contributed by atoms with Crippen LogP contribution in [0.3, 0.4) is 0 Å². The van der Waals surface area contributed by atoms with Crippen LogP contribution < -0.4 is 5.32 Å². The summed E-state index contributed by atoms with van der Waals surface area (Å²) in [5.41, 5.74) is 0.776. The maximum absolute atomic E-state index is 13.4. The molecule has 8 nitrogen and oxygen atoms in total. The Morgan fingerprint density at radius 1 is 1.13 bits per heavy atom. The van der Waals surface area contributed by atoms with E-state index in [1.54, 1.807) is 12.1 Å². The van der Waals surface area contributed by atoms with Gasteiger partial charge in [0, 0.05) is 19.2 Å². The molecule has 166 valence electrons. The number of nitrogens with one attached hydrogen (secondary N) is 1. The van der Waals surface area contributed by atoms with Crippen LogP contribution in [-0.4, -0.2) is 43.9 Å². The molecule has 0 aromatic heterocycles. The molecule has 1 saturated carbocycles. The minimum absolute atomic E-state index is 0.117. The molecule has 1 unspecified atom stereocenters. The van der Waals surface area contributed by atoms with Crippen molar-refractivity contribution in [2.24, 2.45) is 5.92 Å². The third-order valence-corrected chi connectivity index (χ3v) is 7.83. The van der Waals surface area contributed by atoms with E-state index in [9.17, 15) is 22.9 Å². The average Bonchev–Trinajstić information content (AvgIpc) is 2.73. The zero-order chi connectivity index (χ0) is 22.0. The van der Waals surface area contributed by atoms with Crippen LogP contribution in [0.1, 0.15) is 30.9 Å². The van der Waals surface area contributed by atoms with Crippen molar-refractivity contribution in [3.63, 3.8) is 0 Å². The quantitative estimate of drug-likeness (QED) is 0.511. The van der Waals surface area contributed by atoms with E-state index in [2.05, 4.69) is 5.32 Å². The van der Waals surface area contributed by atoms with Gasteiger partial charge in [0.15, 0.2) is 0 Å². The van der Waals surface area contributed by atoms with Gasteiger partial charge in [0.25, 0.3) is 5.69 Å². The highest BCUT2D eigenvalue weighted by molar-refractivity contribution is 7.89. The molecule has 0 bridgehead atoms. The number of nitro benzene ring substituents is 1. The van der Waals surface area contributed by atoms with Gasteiger partial charge in [-0.2, -0.15) is 4.31 Å². The third-order valence-electron chi connectivity index (χ3n) is 5.94. The number of ether oxygens (including phenoxy) is 1. The van der Waals surface area contributed by atoms with Crippen LogP contribution >= 0.6 is 0 Å². The number of nitro groups is 1. The van der Waals surface area contributed by atoms with Crippen LogP contribution in [0.2, 0.25) is 0 Å². The fourth-order valence-electron chi connectivity index (χ4n) is 3.97. The third kappa shape index (κ3) is 4.56. The molecule has 1 aliphatic carbocycles. The van der Waals surface area contributed by atoms with Gasteiger partial charge >= 0.3 is 0 Å². The normalized spacial score (nSPS) is 18.9. The number of morpholine rings is 1. The minimum Gasteiger partial charge on any atom is -0.379 e. The van der Waals surface area contributed by atoms with Gasteiger partial charge in [-0.3, -0.25) is 10.1 Å². The number of anilines is 1. The molecule has 2 aliphatic rings.